The highest BCUT2D eigenvalue weighted by Crippen LogP contribution is 2.60. The van der Waals surface area contributed by atoms with Crippen molar-refractivity contribution in [1.29, 1.82) is 0 Å². The summed E-state index contributed by atoms with van der Waals surface area (Å²) in [5, 5.41) is 0. The number of halogens is 1. The van der Waals surface area contributed by atoms with Crippen molar-refractivity contribution < 1.29 is 18.7 Å². The monoisotopic (exact) mass is 318 g/mol. The second kappa shape index (κ2) is 5.50. The zero-order valence-corrected chi connectivity index (χ0v) is 13.5. The van der Waals surface area contributed by atoms with Crippen molar-refractivity contribution in [3.63, 3.8) is 0 Å². The van der Waals surface area contributed by atoms with Gasteiger partial charge >= 0.3 is 5.97 Å². The number of benzene rings is 1. The van der Waals surface area contributed by atoms with E-state index in [1.54, 1.807) is 6.07 Å². The van der Waals surface area contributed by atoms with E-state index in [4.69, 9.17) is 9.47 Å². The number of ether oxygens (including phenoxy) is 2. The lowest BCUT2D eigenvalue weighted by molar-refractivity contribution is -0.173. The fraction of sp³-hybridized carbons (Fsp3) is 0.632. The first kappa shape index (κ1) is 15.0. The molecule has 124 valence electrons. The van der Waals surface area contributed by atoms with Crippen molar-refractivity contribution in [2.45, 2.75) is 45.1 Å². The average molecular weight is 318 g/mol. The molecule has 0 N–H and O–H groups in total. The molecule has 0 atom stereocenters. The molecule has 0 radical (unpaired) electrons. The summed E-state index contributed by atoms with van der Waals surface area (Å²) in [6.45, 7) is 0.0848. The SMILES string of the molecule is COc1ccc(F)cc1COC(=O)C12CC3CC(CC(C3)C1)C2. The predicted molar refractivity (Wildman–Crippen MR) is 83.4 cm³/mol. The van der Waals surface area contributed by atoms with Gasteiger partial charge in [-0.15, -0.1) is 0 Å². The van der Waals surface area contributed by atoms with Gasteiger partial charge in [0.2, 0.25) is 0 Å². The minimum Gasteiger partial charge on any atom is -0.496 e. The number of hydrogen-bond donors (Lipinski definition) is 0. The van der Waals surface area contributed by atoms with Crippen LogP contribution in [0.4, 0.5) is 4.39 Å². The van der Waals surface area contributed by atoms with Gasteiger partial charge in [0, 0.05) is 5.56 Å². The normalized spacial score (nSPS) is 34.4. The molecule has 0 spiro atoms. The summed E-state index contributed by atoms with van der Waals surface area (Å²) in [7, 11) is 1.54. The second-order valence-electron chi connectivity index (χ2n) is 7.73. The van der Waals surface area contributed by atoms with E-state index in [1.807, 2.05) is 0 Å². The Kier molecular flexibility index (Phi) is 3.58. The molecule has 4 heteroatoms. The van der Waals surface area contributed by atoms with Crippen molar-refractivity contribution in [2.24, 2.45) is 23.2 Å². The third-order valence-corrected chi connectivity index (χ3v) is 6.07. The third-order valence-electron chi connectivity index (χ3n) is 6.07. The number of carbonyl (C=O) groups is 1. The summed E-state index contributed by atoms with van der Waals surface area (Å²) in [6, 6.07) is 4.30. The van der Waals surface area contributed by atoms with E-state index >= 15 is 0 Å². The van der Waals surface area contributed by atoms with Crippen molar-refractivity contribution in [3.05, 3.63) is 29.6 Å². The summed E-state index contributed by atoms with van der Waals surface area (Å²) in [4.78, 5) is 12.8. The molecule has 0 saturated heterocycles. The van der Waals surface area contributed by atoms with Gasteiger partial charge in [-0.25, -0.2) is 4.39 Å². The van der Waals surface area contributed by atoms with Crippen LogP contribution in [0.1, 0.15) is 44.1 Å². The number of carbonyl (C=O) groups excluding carboxylic acids is 1. The van der Waals surface area contributed by atoms with E-state index in [1.165, 1.54) is 38.5 Å². The lowest BCUT2D eigenvalue weighted by Gasteiger charge is -2.55. The lowest BCUT2D eigenvalue weighted by Crippen LogP contribution is -2.50. The molecule has 4 aliphatic rings. The topological polar surface area (TPSA) is 35.5 Å². The van der Waals surface area contributed by atoms with E-state index < -0.39 is 0 Å². The van der Waals surface area contributed by atoms with Gasteiger partial charge in [-0.05, 0) is 74.5 Å². The van der Waals surface area contributed by atoms with E-state index in [9.17, 15) is 9.18 Å². The molecule has 1 aromatic carbocycles. The zero-order valence-electron chi connectivity index (χ0n) is 13.5. The third kappa shape index (κ3) is 2.62. The van der Waals surface area contributed by atoms with E-state index in [-0.39, 0.29) is 23.8 Å². The van der Waals surface area contributed by atoms with Crippen molar-refractivity contribution in [1.82, 2.24) is 0 Å². The van der Waals surface area contributed by atoms with Gasteiger partial charge in [-0.1, -0.05) is 0 Å². The first-order valence-corrected chi connectivity index (χ1v) is 8.57. The Bertz CT molecular complexity index is 590. The molecule has 23 heavy (non-hydrogen) atoms. The maximum Gasteiger partial charge on any atom is 0.312 e. The van der Waals surface area contributed by atoms with Crippen LogP contribution in [-0.4, -0.2) is 13.1 Å². The van der Waals surface area contributed by atoms with Gasteiger partial charge in [0.1, 0.15) is 18.2 Å². The maximum atomic E-state index is 13.4. The van der Waals surface area contributed by atoms with Crippen LogP contribution >= 0.6 is 0 Å². The smallest absolute Gasteiger partial charge is 0.312 e. The molecule has 0 heterocycles. The van der Waals surface area contributed by atoms with Gasteiger partial charge in [0.25, 0.3) is 0 Å². The molecule has 4 fully saturated rings. The summed E-state index contributed by atoms with van der Waals surface area (Å²) in [5.41, 5.74) is 0.320. The molecule has 0 amide bonds. The fourth-order valence-electron chi connectivity index (χ4n) is 5.52. The lowest BCUT2D eigenvalue weighted by atomic mass is 9.49. The Morgan fingerprint density at radius 2 is 1.78 bits per heavy atom. The van der Waals surface area contributed by atoms with Crippen LogP contribution in [0, 0.1) is 29.0 Å². The standard InChI is InChI=1S/C19H23FO3/c1-22-17-3-2-16(20)7-15(17)11-23-18(21)19-8-12-4-13(9-19)6-14(5-12)10-19/h2-3,7,12-14H,4-6,8-11H2,1H3. The van der Waals surface area contributed by atoms with Gasteiger partial charge in [0.15, 0.2) is 0 Å². The number of hydrogen-bond acceptors (Lipinski definition) is 3. The van der Waals surface area contributed by atoms with Crippen molar-refractivity contribution in [3.8, 4) is 5.75 Å². The molecule has 4 bridgehead atoms. The fourth-order valence-corrected chi connectivity index (χ4v) is 5.52. The molecule has 0 unspecified atom stereocenters. The molecule has 3 nitrogen and oxygen atoms in total. The first-order chi connectivity index (χ1) is 11.1. The summed E-state index contributed by atoms with van der Waals surface area (Å²) in [5.74, 6) is 2.26. The molecule has 4 aliphatic carbocycles. The number of rotatable bonds is 4. The summed E-state index contributed by atoms with van der Waals surface area (Å²) < 4.78 is 24.3. The molecule has 1 aromatic rings. The van der Waals surface area contributed by atoms with Crippen LogP contribution in [0.5, 0.6) is 5.75 Å². The van der Waals surface area contributed by atoms with Crippen LogP contribution in [0.25, 0.3) is 0 Å². The minimum absolute atomic E-state index is 0.0806. The molecule has 4 saturated carbocycles. The van der Waals surface area contributed by atoms with Crippen LogP contribution in [0.3, 0.4) is 0 Å². The Labute approximate surface area is 136 Å². The second-order valence-corrected chi connectivity index (χ2v) is 7.73. The molecule has 0 aromatic heterocycles. The highest BCUT2D eigenvalue weighted by atomic mass is 19.1. The van der Waals surface area contributed by atoms with Gasteiger partial charge in [-0.3, -0.25) is 4.79 Å². The maximum absolute atomic E-state index is 13.4. The van der Waals surface area contributed by atoms with Gasteiger partial charge in [-0.2, -0.15) is 0 Å². The Balaban J connectivity index is 1.47. The molecule has 0 aliphatic heterocycles. The molecular weight excluding hydrogens is 295 g/mol. The number of methoxy groups -OCH3 is 1. The first-order valence-electron chi connectivity index (χ1n) is 8.57. The highest BCUT2D eigenvalue weighted by Gasteiger charge is 2.55. The van der Waals surface area contributed by atoms with Crippen LogP contribution < -0.4 is 4.74 Å². The average Bonchev–Trinajstić information content (AvgIpc) is 2.51. The van der Waals surface area contributed by atoms with Crippen LogP contribution in [0.15, 0.2) is 18.2 Å². The predicted octanol–water partition coefficient (Wildman–Crippen LogP) is 4.09. The Morgan fingerprint density at radius 3 is 2.35 bits per heavy atom. The van der Waals surface area contributed by atoms with E-state index in [2.05, 4.69) is 0 Å². The largest absolute Gasteiger partial charge is 0.496 e. The zero-order chi connectivity index (χ0) is 16.0. The molecule has 5 rings (SSSR count). The molecular formula is C19H23FO3. The quantitative estimate of drug-likeness (QED) is 0.784. The van der Waals surface area contributed by atoms with E-state index in [0.717, 1.165) is 19.3 Å². The summed E-state index contributed by atoms with van der Waals surface area (Å²) >= 11 is 0. The van der Waals surface area contributed by atoms with E-state index in [0.29, 0.717) is 29.1 Å². The Hall–Kier alpha value is -1.58. The highest BCUT2D eigenvalue weighted by molar-refractivity contribution is 5.77. The van der Waals surface area contributed by atoms with Crippen molar-refractivity contribution >= 4 is 5.97 Å². The van der Waals surface area contributed by atoms with Crippen molar-refractivity contribution in [2.75, 3.05) is 7.11 Å². The van der Waals surface area contributed by atoms with Crippen LogP contribution in [0.2, 0.25) is 0 Å². The Morgan fingerprint density at radius 1 is 1.17 bits per heavy atom. The minimum atomic E-state index is -0.341. The summed E-state index contributed by atoms with van der Waals surface area (Å²) in [6.07, 6.45) is 6.84. The van der Waals surface area contributed by atoms with Gasteiger partial charge < -0.3 is 9.47 Å². The van der Waals surface area contributed by atoms with Crippen LogP contribution in [-0.2, 0) is 16.1 Å². The number of esters is 1. The van der Waals surface area contributed by atoms with Gasteiger partial charge in [0.05, 0.1) is 12.5 Å².